The van der Waals surface area contributed by atoms with Crippen LogP contribution in [0.15, 0.2) is 83.5 Å². The van der Waals surface area contributed by atoms with E-state index in [4.69, 9.17) is 4.52 Å². The number of hydrogen-bond acceptors (Lipinski definition) is 6. The molecule has 5 aromatic rings. The molecule has 0 saturated carbocycles. The first-order valence-electron chi connectivity index (χ1n) is 11.1. The molecule has 2 heterocycles. The summed E-state index contributed by atoms with van der Waals surface area (Å²) in [7, 11) is 0. The molecule has 174 valence electrons. The molecular formula is C27H20FN4NaO3. The summed E-state index contributed by atoms with van der Waals surface area (Å²) < 4.78 is 21.4. The minimum atomic E-state index is -1.31. The van der Waals surface area contributed by atoms with E-state index in [0.717, 1.165) is 34.2 Å². The average Bonchev–Trinajstić information content (AvgIpc) is 3.55. The average molecular weight is 490 g/mol. The zero-order valence-electron chi connectivity index (χ0n) is 19.8. The zero-order chi connectivity index (χ0) is 24.4. The third-order valence-electron chi connectivity index (χ3n) is 5.73. The summed E-state index contributed by atoms with van der Waals surface area (Å²) in [6.07, 6.45) is 2.31. The van der Waals surface area contributed by atoms with Crippen molar-refractivity contribution >= 4 is 5.97 Å². The monoisotopic (exact) mass is 490 g/mol. The van der Waals surface area contributed by atoms with Gasteiger partial charge >= 0.3 is 29.6 Å². The number of carbonyl (C=O) groups is 1. The molecular weight excluding hydrogens is 470 g/mol. The van der Waals surface area contributed by atoms with Crippen molar-refractivity contribution in [2.24, 2.45) is 0 Å². The predicted octanol–water partition coefficient (Wildman–Crippen LogP) is 1.38. The molecule has 0 saturated heterocycles. The van der Waals surface area contributed by atoms with Crippen LogP contribution >= 0.6 is 0 Å². The molecule has 0 amide bonds. The number of nitrogens with zero attached hydrogens (tertiary/aromatic N) is 4. The third kappa shape index (κ3) is 5.31. The summed E-state index contributed by atoms with van der Waals surface area (Å²) >= 11 is 0. The molecule has 0 unspecified atom stereocenters. The number of aromatic nitrogens is 4. The fraction of sp³-hybridized carbons (Fsp3) is 0.111. The maximum absolute atomic E-state index is 14.3. The first-order chi connectivity index (χ1) is 17.0. The molecule has 0 bridgehead atoms. The SMILES string of the molecule is CCc1cc(-c2nc(-c3ccc(Cn4ccc(C(=O)[O-])n4)cc3)no2)ccc1-c1ccccc1F.[Na+]. The Morgan fingerprint density at radius 1 is 1.00 bits per heavy atom. The van der Waals surface area contributed by atoms with Crippen LogP contribution in [0.2, 0.25) is 0 Å². The van der Waals surface area contributed by atoms with Gasteiger partial charge in [-0.2, -0.15) is 10.1 Å². The van der Waals surface area contributed by atoms with Crippen LogP contribution in [0.5, 0.6) is 0 Å². The molecule has 0 aliphatic heterocycles. The summed E-state index contributed by atoms with van der Waals surface area (Å²) in [6.45, 7) is 2.44. The first-order valence-corrected chi connectivity index (χ1v) is 11.1. The Balaban J connectivity index is 0.00000304. The van der Waals surface area contributed by atoms with Gasteiger partial charge in [-0.05, 0) is 47.4 Å². The van der Waals surface area contributed by atoms with Gasteiger partial charge in [0, 0.05) is 22.9 Å². The van der Waals surface area contributed by atoms with Crippen LogP contribution in [0.4, 0.5) is 4.39 Å². The van der Waals surface area contributed by atoms with E-state index in [-0.39, 0.29) is 41.1 Å². The molecule has 36 heavy (non-hydrogen) atoms. The Labute approximate surface area is 228 Å². The van der Waals surface area contributed by atoms with Crippen molar-refractivity contribution in [3.63, 3.8) is 0 Å². The van der Waals surface area contributed by atoms with Gasteiger partial charge in [0.05, 0.1) is 12.5 Å². The fourth-order valence-corrected chi connectivity index (χ4v) is 3.92. The van der Waals surface area contributed by atoms with E-state index in [1.54, 1.807) is 18.3 Å². The smallest absolute Gasteiger partial charge is 0.543 e. The van der Waals surface area contributed by atoms with E-state index in [1.807, 2.05) is 55.5 Å². The molecule has 0 aliphatic carbocycles. The zero-order valence-corrected chi connectivity index (χ0v) is 21.8. The summed E-state index contributed by atoms with van der Waals surface area (Å²) in [5, 5.41) is 19.0. The van der Waals surface area contributed by atoms with Crippen LogP contribution in [0.25, 0.3) is 34.0 Å². The van der Waals surface area contributed by atoms with Crippen molar-refractivity contribution in [3.05, 3.63) is 102 Å². The van der Waals surface area contributed by atoms with Crippen molar-refractivity contribution in [1.29, 1.82) is 0 Å². The third-order valence-corrected chi connectivity index (χ3v) is 5.73. The second-order valence-electron chi connectivity index (χ2n) is 8.01. The summed E-state index contributed by atoms with van der Waals surface area (Å²) in [4.78, 5) is 15.4. The number of benzene rings is 3. The maximum Gasteiger partial charge on any atom is 1.00 e. The molecule has 7 nitrogen and oxygen atoms in total. The van der Waals surface area contributed by atoms with Crippen LogP contribution in [0.3, 0.4) is 0 Å². The number of carboxylic acids is 1. The Kier molecular flexibility index (Phi) is 7.79. The molecule has 0 spiro atoms. The van der Waals surface area contributed by atoms with E-state index in [2.05, 4.69) is 15.2 Å². The van der Waals surface area contributed by atoms with Crippen molar-refractivity contribution in [1.82, 2.24) is 19.9 Å². The van der Waals surface area contributed by atoms with Crippen molar-refractivity contribution in [2.45, 2.75) is 19.9 Å². The van der Waals surface area contributed by atoms with Gasteiger partial charge in [-0.3, -0.25) is 4.68 Å². The Hall–Kier alpha value is -3.59. The van der Waals surface area contributed by atoms with Crippen LogP contribution in [-0.4, -0.2) is 25.9 Å². The standard InChI is InChI=1S/C27H21FN4O3.Na/c1-2-18-15-20(11-12-21(18)22-5-3-4-6-23(22)28)26-29-25(31-35-26)19-9-7-17(8-10-19)16-32-14-13-24(30-32)27(33)34;/h3-15H,2,16H2,1H3,(H,33,34);/q;+1/p-1. The molecule has 0 atom stereocenters. The maximum atomic E-state index is 14.3. The van der Waals surface area contributed by atoms with Gasteiger partial charge in [-0.15, -0.1) is 0 Å². The van der Waals surface area contributed by atoms with Gasteiger partial charge in [0.15, 0.2) is 0 Å². The van der Waals surface area contributed by atoms with E-state index >= 15 is 0 Å². The van der Waals surface area contributed by atoms with E-state index in [9.17, 15) is 14.3 Å². The van der Waals surface area contributed by atoms with E-state index in [1.165, 1.54) is 16.8 Å². The quantitative estimate of drug-likeness (QED) is 0.320. The van der Waals surface area contributed by atoms with E-state index in [0.29, 0.717) is 23.8 Å². The molecule has 9 heteroatoms. The van der Waals surface area contributed by atoms with Crippen LogP contribution in [0, 0.1) is 5.82 Å². The van der Waals surface area contributed by atoms with Crippen LogP contribution in [-0.2, 0) is 13.0 Å². The van der Waals surface area contributed by atoms with E-state index < -0.39 is 5.97 Å². The molecule has 0 fully saturated rings. The summed E-state index contributed by atoms with van der Waals surface area (Å²) in [5.41, 5.74) is 4.76. The van der Waals surface area contributed by atoms with Gasteiger partial charge < -0.3 is 14.4 Å². The Morgan fingerprint density at radius 3 is 2.44 bits per heavy atom. The first kappa shape index (κ1) is 25.5. The number of halogens is 1. The molecule has 3 aromatic carbocycles. The number of carboxylic acid groups (broad SMARTS) is 1. The predicted molar refractivity (Wildman–Crippen MR) is 126 cm³/mol. The molecule has 0 N–H and O–H groups in total. The minimum absolute atomic E-state index is 0. The second kappa shape index (κ2) is 11.0. The minimum Gasteiger partial charge on any atom is -0.543 e. The number of aromatic carboxylic acids is 1. The van der Waals surface area contributed by atoms with Crippen molar-refractivity contribution in [3.8, 4) is 34.0 Å². The number of hydrogen-bond donors (Lipinski definition) is 0. The topological polar surface area (TPSA) is 96.9 Å². The number of rotatable bonds is 7. The summed E-state index contributed by atoms with van der Waals surface area (Å²) in [5.74, 6) is -0.739. The summed E-state index contributed by atoms with van der Waals surface area (Å²) in [6, 6.07) is 21.3. The second-order valence-corrected chi connectivity index (χ2v) is 8.01. The van der Waals surface area contributed by atoms with Gasteiger partial charge in [0.1, 0.15) is 11.5 Å². The Bertz CT molecular complexity index is 1510. The fourth-order valence-electron chi connectivity index (χ4n) is 3.92. The van der Waals surface area contributed by atoms with Gasteiger partial charge in [-0.1, -0.05) is 60.6 Å². The number of carbonyl (C=O) groups excluding carboxylic acids is 1. The van der Waals surface area contributed by atoms with Crippen molar-refractivity contribution in [2.75, 3.05) is 0 Å². The molecule has 0 radical (unpaired) electrons. The number of aryl methyl sites for hydroxylation is 1. The molecule has 2 aromatic heterocycles. The molecule has 0 aliphatic rings. The van der Waals surface area contributed by atoms with Gasteiger partial charge in [0.25, 0.3) is 5.89 Å². The van der Waals surface area contributed by atoms with Crippen molar-refractivity contribution < 1.29 is 48.4 Å². The van der Waals surface area contributed by atoms with Gasteiger partial charge in [-0.25, -0.2) is 4.39 Å². The molecule has 5 rings (SSSR count). The largest absolute Gasteiger partial charge is 1.00 e. The normalized spacial score (nSPS) is 10.7. The van der Waals surface area contributed by atoms with Crippen LogP contribution < -0.4 is 34.7 Å². The van der Waals surface area contributed by atoms with Crippen LogP contribution in [0.1, 0.15) is 28.5 Å². The van der Waals surface area contributed by atoms with Gasteiger partial charge in [0.2, 0.25) is 5.82 Å². The Morgan fingerprint density at radius 2 is 1.75 bits per heavy atom.